The van der Waals surface area contributed by atoms with Crippen LogP contribution in [0.3, 0.4) is 0 Å². The predicted molar refractivity (Wildman–Crippen MR) is 130 cm³/mol. The molecule has 1 saturated heterocycles. The van der Waals surface area contributed by atoms with E-state index in [0.717, 1.165) is 35.2 Å². The Kier molecular flexibility index (Phi) is 6.48. The van der Waals surface area contributed by atoms with Crippen LogP contribution in [-0.4, -0.2) is 47.6 Å². The first-order valence-corrected chi connectivity index (χ1v) is 11.7. The number of amides is 2. The first kappa shape index (κ1) is 23.3. The van der Waals surface area contributed by atoms with E-state index in [2.05, 4.69) is 5.32 Å². The lowest BCUT2D eigenvalue weighted by molar-refractivity contribution is -0.133. The fourth-order valence-corrected chi connectivity index (χ4v) is 5.00. The standard InChI is InChI=1S/C26H30ClN3O3/c1-26(2,3)29-25(32)30-12-9-16(10-13-30)22-19-8-7-18(27)14-17(19)15-21(24(31)33-4)20-6-5-11-28-23(20)22/h5-8,11,14-16,22H,9-10,12-13H2,1-4H3,(H,29,32). The molecule has 6 nitrogen and oxygen atoms in total. The van der Waals surface area contributed by atoms with Crippen molar-refractivity contribution in [3.63, 3.8) is 0 Å². The summed E-state index contributed by atoms with van der Waals surface area (Å²) in [5.74, 6) is -0.146. The summed E-state index contributed by atoms with van der Waals surface area (Å²) >= 11 is 6.33. The van der Waals surface area contributed by atoms with Crippen LogP contribution in [0.5, 0.6) is 0 Å². The topological polar surface area (TPSA) is 71.5 Å². The molecular weight excluding hydrogens is 438 g/mol. The van der Waals surface area contributed by atoms with E-state index in [9.17, 15) is 9.59 Å². The predicted octanol–water partition coefficient (Wildman–Crippen LogP) is 5.11. The van der Waals surface area contributed by atoms with Gasteiger partial charge in [-0.2, -0.15) is 0 Å². The SMILES string of the molecule is COC(=O)C1=Cc2cc(Cl)ccc2C(C2CCN(C(=O)NC(C)(C)C)CC2)c2ncccc21. The molecule has 1 unspecified atom stereocenters. The number of nitrogens with zero attached hydrogens (tertiary/aromatic N) is 2. The second-order valence-electron chi connectivity index (χ2n) is 9.74. The van der Waals surface area contributed by atoms with Crippen molar-refractivity contribution in [2.45, 2.75) is 45.1 Å². The zero-order valence-corrected chi connectivity index (χ0v) is 20.3. The number of fused-ring (bicyclic) bond motifs is 2. The quantitative estimate of drug-likeness (QED) is 0.622. The Labute approximate surface area is 200 Å². The molecule has 2 heterocycles. The van der Waals surface area contributed by atoms with Crippen LogP contribution in [0.4, 0.5) is 4.79 Å². The Bertz CT molecular complexity index is 1100. The molecule has 0 saturated carbocycles. The number of rotatable bonds is 2. The van der Waals surface area contributed by atoms with Gasteiger partial charge in [-0.1, -0.05) is 23.7 Å². The van der Waals surface area contributed by atoms with Crippen molar-refractivity contribution in [2.24, 2.45) is 5.92 Å². The molecule has 2 aliphatic rings. The number of benzene rings is 1. The summed E-state index contributed by atoms with van der Waals surface area (Å²) in [6, 6.07) is 9.56. The lowest BCUT2D eigenvalue weighted by Gasteiger charge is -2.37. The van der Waals surface area contributed by atoms with Crippen molar-refractivity contribution in [2.75, 3.05) is 20.2 Å². The number of ether oxygens (including phenoxy) is 1. The molecule has 1 atom stereocenters. The fraction of sp³-hybridized carbons (Fsp3) is 0.423. The van der Waals surface area contributed by atoms with Crippen LogP contribution in [0, 0.1) is 5.92 Å². The number of halogens is 1. The molecule has 2 aromatic rings. The van der Waals surface area contributed by atoms with Gasteiger partial charge >= 0.3 is 12.0 Å². The zero-order valence-electron chi connectivity index (χ0n) is 19.5. The molecule has 1 aliphatic carbocycles. The van der Waals surface area contributed by atoms with Crippen LogP contribution >= 0.6 is 11.6 Å². The van der Waals surface area contributed by atoms with E-state index in [-0.39, 0.29) is 23.4 Å². The minimum absolute atomic E-state index is 0.0142. The van der Waals surface area contributed by atoms with Crippen molar-refractivity contribution < 1.29 is 14.3 Å². The average Bonchev–Trinajstić information content (AvgIpc) is 2.92. The van der Waals surface area contributed by atoms with Crippen molar-refractivity contribution in [3.05, 3.63) is 63.9 Å². The molecule has 7 heteroatoms. The maximum atomic E-state index is 12.7. The van der Waals surface area contributed by atoms with Gasteiger partial charge in [-0.15, -0.1) is 0 Å². The molecule has 0 radical (unpaired) electrons. The van der Waals surface area contributed by atoms with Gasteiger partial charge < -0.3 is 15.0 Å². The first-order valence-electron chi connectivity index (χ1n) is 11.3. The summed E-state index contributed by atoms with van der Waals surface area (Å²) in [4.78, 5) is 32.0. The number of carbonyl (C=O) groups is 2. The van der Waals surface area contributed by atoms with Crippen molar-refractivity contribution in [1.29, 1.82) is 0 Å². The number of urea groups is 1. The maximum absolute atomic E-state index is 12.7. The monoisotopic (exact) mass is 467 g/mol. The maximum Gasteiger partial charge on any atom is 0.338 e. The Morgan fingerprint density at radius 1 is 1.18 bits per heavy atom. The minimum Gasteiger partial charge on any atom is -0.465 e. The third-order valence-corrected chi connectivity index (χ3v) is 6.53. The molecule has 2 amide bonds. The summed E-state index contributed by atoms with van der Waals surface area (Å²) < 4.78 is 5.09. The summed E-state index contributed by atoms with van der Waals surface area (Å²) in [6.07, 6.45) is 5.31. The molecule has 1 aromatic heterocycles. The number of aromatic nitrogens is 1. The van der Waals surface area contributed by atoms with Gasteiger partial charge in [-0.3, -0.25) is 4.98 Å². The number of esters is 1. The normalized spacial score (nSPS) is 18.5. The second kappa shape index (κ2) is 9.18. The molecule has 1 fully saturated rings. The Morgan fingerprint density at radius 2 is 1.91 bits per heavy atom. The van der Waals surface area contributed by atoms with Crippen LogP contribution in [0.1, 0.15) is 61.9 Å². The number of nitrogens with one attached hydrogen (secondary N) is 1. The minimum atomic E-state index is -0.399. The Morgan fingerprint density at radius 3 is 2.58 bits per heavy atom. The van der Waals surface area contributed by atoms with Crippen molar-refractivity contribution in [3.8, 4) is 0 Å². The zero-order chi connectivity index (χ0) is 23.8. The van der Waals surface area contributed by atoms with E-state index in [1.54, 1.807) is 6.20 Å². The van der Waals surface area contributed by atoms with Gasteiger partial charge in [0.2, 0.25) is 0 Å². The summed E-state index contributed by atoms with van der Waals surface area (Å²) in [5.41, 5.74) is 3.86. The highest BCUT2D eigenvalue weighted by molar-refractivity contribution is 6.31. The van der Waals surface area contributed by atoms with Gasteiger partial charge in [-0.25, -0.2) is 9.59 Å². The third-order valence-electron chi connectivity index (χ3n) is 6.29. The van der Waals surface area contributed by atoms with E-state index in [1.807, 2.05) is 62.1 Å². The van der Waals surface area contributed by atoms with Crippen molar-refractivity contribution in [1.82, 2.24) is 15.2 Å². The lowest BCUT2D eigenvalue weighted by atomic mass is 9.76. The lowest BCUT2D eigenvalue weighted by Crippen LogP contribution is -2.51. The van der Waals surface area contributed by atoms with Gasteiger partial charge in [0.05, 0.1) is 18.4 Å². The van der Waals surface area contributed by atoms with E-state index in [4.69, 9.17) is 21.3 Å². The Hall–Kier alpha value is -2.86. The second-order valence-corrected chi connectivity index (χ2v) is 10.2. The summed E-state index contributed by atoms with van der Waals surface area (Å²) in [5, 5.41) is 3.67. The number of likely N-dealkylation sites (tertiary alicyclic amines) is 1. The van der Waals surface area contributed by atoms with E-state index >= 15 is 0 Å². The van der Waals surface area contributed by atoms with Crippen LogP contribution < -0.4 is 5.32 Å². The van der Waals surface area contributed by atoms with Crippen LogP contribution in [-0.2, 0) is 9.53 Å². The van der Waals surface area contributed by atoms with Gasteiger partial charge in [0.15, 0.2) is 0 Å². The highest BCUT2D eigenvalue weighted by Crippen LogP contribution is 2.44. The molecule has 33 heavy (non-hydrogen) atoms. The van der Waals surface area contributed by atoms with Crippen molar-refractivity contribution >= 4 is 35.3 Å². The largest absolute Gasteiger partial charge is 0.465 e. The molecule has 1 aliphatic heterocycles. The number of carbonyl (C=O) groups excluding carboxylic acids is 2. The smallest absolute Gasteiger partial charge is 0.338 e. The number of pyridine rings is 1. The van der Waals surface area contributed by atoms with Gasteiger partial charge in [0, 0.05) is 41.3 Å². The highest BCUT2D eigenvalue weighted by Gasteiger charge is 2.36. The molecular formula is C26H30ClN3O3. The van der Waals surface area contributed by atoms with E-state index in [0.29, 0.717) is 23.7 Å². The first-order chi connectivity index (χ1) is 15.7. The van der Waals surface area contributed by atoms with Gasteiger partial charge in [-0.05, 0) is 74.9 Å². The van der Waals surface area contributed by atoms with Gasteiger partial charge in [0.25, 0.3) is 0 Å². The highest BCUT2D eigenvalue weighted by atomic mass is 35.5. The van der Waals surface area contributed by atoms with Crippen LogP contribution in [0.25, 0.3) is 11.6 Å². The summed E-state index contributed by atoms with van der Waals surface area (Å²) in [7, 11) is 1.39. The molecule has 4 rings (SSSR count). The van der Waals surface area contributed by atoms with E-state index < -0.39 is 5.97 Å². The summed E-state index contributed by atoms with van der Waals surface area (Å²) in [6.45, 7) is 7.30. The molecule has 1 N–H and O–H groups in total. The Balaban J connectivity index is 1.70. The third kappa shape index (κ3) is 4.91. The molecule has 0 spiro atoms. The molecule has 1 aromatic carbocycles. The number of methoxy groups -OCH3 is 1. The van der Waals surface area contributed by atoms with Gasteiger partial charge in [0.1, 0.15) is 0 Å². The van der Waals surface area contributed by atoms with E-state index in [1.165, 1.54) is 7.11 Å². The molecule has 0 bridgehead atoms. The van der Waals surface area contributed by atoms with Crippen LogP contribution in [0.2, 0.25) is 5.02 Å². The molecule has 174 valence electrons. The number of hydrogen-bond acceptors (Lipinski definition) is 4. The fourth-order valence-electron chi connectivity index (χ4n) is 4.82. The average molecular weight is 468 g/mol. The number of hydrogen-bond donors (Lipinski definition) is 1. The number of piperidine rings is 1. The van der Waals surface area contributed by atoms with Crippen LogP contribution in [0.15, 0.2) is 36.5 Å².